The third-order valence-electron chi connectivity index (χ3n) is 3.95. The Morgan fingerprint density at radius 1 is 1.25 bits per heavy atom. The van der Waals surface area contributed by atoms with Crippen molar-refractivity contribution in [1.29, 1.82) is 0 Å². The van der Waals surface area contributed by atoms with Crippen LogP contribution in [0.1, 0.15) is 33.1 Å². The molecule has 1 heterocycles. The molecule has 1 fully saturated rings. The van der Waals surface area contributed by atoms with Gasteiger partial charge in [0.2, 0.25) is 5.91 Å². The van der Waals surface area contributed by atoms with E-state index in [2.05, 4.69) is 10.6 Å². The molecule has 0 spiro atoms. The largest absolute Gasteiger partial charge is 0.343 e. The highest BCUT2D eigenvalue weighted by Crippen LogP contribution is 2.16. The second kappa shape index (κ2) is 8.08. The number of hydrogen-bond acceptors (Lipinski definition) is 2. The summed E-state index contributed by atoms with van der Waals surface area (Å²) in [5.74, 6) is -1.05. The highest BCUT2D eigenvalue weighted by molar-refractivity contribution is 5.89. The van der Waals surface area contributed by atoms with Crippen LogP contribution in [0.25, 0.3) is 0 Å². The Kier molecular flexibility index (Phi) is 6.11. The van der Waals surface area contributed by atoms with Gasteiger partial charge in [-0.25, -0.2) is 13.6 Å². The van der Waals surface area contributed by atoms with Gasteiger partial charge in [-0.3, -0.25) is 4.79 Å². The molecule has 2 rings (SSSR count). The number of likely N-dealkylation sites (tertiary alicyclic amines) is 1. The molecule has 3 amide bonds. The lowest BCUT2D eigenvalue weighted by Crippen LogP contribution is -2.47. The smallest absolute Gasteiger partial charge is 0.319 e. The summed E-state index contributed by atoms with van der Waals surface area (Å²) in [7, 11) is 0. The van der Waals surface area contributed by atoms with Crippen molar-refractivity contribution in [2.24, 2.45) is 5.92 Å². The Morgan fingerprint density at radius 3 is 2.50 bits per heavy atom. The number of nitrogens with one attached hydrogen (secondary N) is 2. The summed E-state index contributed by atoms with van der Waals surface area (Å²) >= 11 is 0. The van der Waals surface area contributed by atoms with Crippen molar-refractivity contribution in [3.63, 3.8) is 0 Å². The molecular formula is C17H23F2N3O2. The maximum atomic E-state index is 13.5. The van der Waals surface area contributed by atoms with Crippen LogP contribution in [0.2, 0.25) is 0 Å². The molecule has 0 unspecified atom stereocenters. The molecule has 132 valence electrons. The first kappa shape index (κ1) is 18.2. The molecule has 1 aromatic rings. The van der Waals surface area contributed by atoms with Crippen LogP contribution in [0.4, 0.5) is 19.3 Å². The zero-order chi connectivity index (χ0) is 17.7. The van der Waals surface area contributed by atoms with Gasteiger partial charge in [-0.05, 0) is 30.9 Å². The van der Waals surface area contributed by atoms with Gasteiger partial charge < -0.3 is 15.5 Å². The second-order valence-electron chi connectivity index (χ2n) is 6.48. The van der Waals surface area contributed by atoms with Gasteiger partial charge in [0.15, 0.2) is 0 Å². The fourth-order valence-electron chi connectivity index (χ4n) is 2.69. The monoisotopic (exact) mass is 339 g/mol. The van der Waals surface area contributed by atoms with Crippen LogP contribution in [-0.4, -0.2) is 36.0 Å². The van der Waals surface area contributed by atoms with Crippen LogP contribution in [0, 0.1) is 17.6 Å². The van der Waals surface area contributed by atoms with E-state index in [1.807, 2.05) is 18.7 Å². The molecule has 0 radical (unpaired) electrons. The standard InChI is InChI=1S/C17H23F2N3O2/c1-11(2)9-16(23)22-7-5-13(6-8-22)20-17(24)21-15-4-3-12(18)10-14(15)19/h3-4,10-11,13H,5-9H2,1-2H3,(H2,20,21,24). The second-order valence-corrected chi connectivity index (χ2v) is 6.48. The lowest BCUT2D eigenvalue weighted by Gasteiger charge is -2.32. The SMILES string of the molecule is CC(C)CC(=O)N1CCC(NC(=O)Nc2ccc(F)cc2F)CC1. The van der Waals surface area contributed by atoms with Gasteiger partial charge >= 0.3 is 6.03 Å². The Labute approximate surface area is 140 Å². The van der Waals surface area contributed by atoms with Crippen molar-refractivity contribution >= 4 is 17.6 Å². The Bertz CT molecular complexity index is 599. The molecule has 2 N–H and O–H groups in total. The fraction of sp³-hybridized carbons (Fsp3) is 0.529. The van der Waals surface area contributed by atoms with Gasteiger partial charge in [-0.2, -0.15) is 0 Å². The summed E-state index contributed by atoms with van der Waals surface area (Å²) in [5.41, 5.74) is -0.0709. The molecular weight excluding hydrogens is 316 g/mol. The van der Waals surface area contributed by atoms with Gasteiger partial charge in [-0.1, -0.05) is 13.8 Å². The van der Waals surface area contributed by atoms with Crippen molar-refractivity contribution in [1.82, 2.24) is 10.2 Å². The minimum atomic E-state index is -0.820. The van der Waals surface area contributed by atoms with E-state index in [0.717, 1.165) is 6.07 Å². The van der Waals surface area contributed by atoms with Gasteiger partial charge in [0.05, 0.1) is 5.69 Å². The number of benzene rings is 1. The molecule has 1 saturated heterocycles. The summed E-state index contributed by atoms with van der Waals surface area (Å²) in [6.07, 6.45) is 1.84. The van der Waals surface area contributed by atoms with E-state index in [1.165, 1.54) is 6.07 Å². The molecule has 0 aromatic heterocycles. The summed E-state index contributed by atoms with van der Waals surface area (Å²) in [5, 5.41) is 5.13. The summed E-state index contributed by atoms with van der Waals surface area (Å²) in [6.45, 7) is 5.21. The van der Waals surface area contributed by atoms with Crippen molar-refractivity contribution in [2.75, 3.05) is 18.4 Å². The number of urea groups is 1. The van der Waals surface area contributed by atoms with E-state index in [9.17, 15) is 18.4 Å². The third kappa shape index (κ3) is 5.18. The molecule has 0 atom stereocenters. The number of rotatable bonds is 4. The molecule has 1 aliphatic rings. The molecule has 24 heavy (non-hydrogen) atoms. The topological polar surface area (TPSA) is 61.4 Å². The minimum absolute atomic E-state index is 0.0709. The van der Waals surface area contributed by atoms with Crippen LogP contribution in [-0.2, 0) is 4.79 Å². The molecule has 0 saturated carbocycles. The predicted molar refractivity (Wildman–Crippen MR) is 87.6 cm³/mol. The van der Waals surface area contributed by atoms with E-state index in [-0.39, 0.29) is 17.6 Å². The number of carbonyl (C=O) groups is 2. The Balaban J connectivity index is 1.79. The first-order valence-electron chi connectivity index (χ1n) is 8.15. The molecule has 0 bridgehead atoms. The first-order valence-corrected chi connectivity index (χ1v) is 8.15. The average molecular weight is 339 g/mol. The highest BCUT2D eigenvalue weighted by Gasteiger charge is 2.24. The molecule has 1 aliphatic heterocycles. The third-order valence-corrected chi connectivity index (χ3v) is 3.95. The zero-order valence-electron chi connectivity index (χ0n) is 13.9. The molecule has 0 aliphatic carbocycles. The summed E-state index contributed by atoms with van der Waals surface area (Å²) in [4.78, 5) is 25.7. The summed E-state index contributed by atoms with van der Waals surface area (Å²) in [6, 6.07) is 2.37. The summed E-state index contributed by atoms with van der Waals surface area (Å²) < 4.78 is 26.3. The van der Waals surface area contributed by atoms with Crippen LogP contribution in [0.3, 0.4) is 0 Å². The minimum Gasteiger partial charge on any atom is -0.343 e. The number of piperidine rings is 1. The Hall–Kier alpha value is -2.18. The van der Waals surface area contributed by atoms with Gasteiger partial charge in [0.1, 0.15) is 11.6 Å². The van der Waals surface area contributed by atoms with Gasteiger partial charge in [-0.15, -0.1) is 0 Å². The van der Waals surface area contributed by atoms with Crippen molar-refractivity contribution in [3.05, 3.63) is 29.8 Å². The van der Waals surface area contributed by atoms with E-state index >= 15 is 0 Å². The van der Waals surface area contributed by atoms with Crippen LogP contribution < -0.4 is 10.6 Å². The van der Waals surface area contributed by atoms with E-state index in [1.54, 1.807) is 0 Å². The zero-order valence-corrected chi connectivity index (χ0v) is 13.9. The van der Waals surface area contributed by atoms with E-state index < -0.39 is 17.7 Å². The van der Waals surface area contributed by atoms with Gasteiger partial charge in [0.25, 0.3) is 0 Å². The lowest BCUT2D eigenvalue weighted by atomic mass is 10.0. The highest BCUT2D eigenvalue weighted by atomic mass is 19.1. The van der Waals surface area contributed by atoms with Crippen LogP contribution >= 0.6 is 0 Å². The fourth-order valence-corrected chi connectivity index (χ4v) is 2.69. The normalized spacial score (nSPS) is 15.5. The number of nitrogens with zero attached hydrogens (tertiary/aromatic N) is 1. The molecule has 5 nitrogen and oxygen atoms in total. The van der Waals surface area contributed by atoms with Crippen LogP contribution in [0.15, 0.2) is 18.2 Å². The molecule has 7 heteroatoms. The predicted octanol–water partition coefficient (Wildman–Crippen LogP) is 3.12. The number of amides is 3. The number of carbonyl (C=O) groups excluding carboxylic acids is 2. The van der Waals surface area contributed by atoms with Crippen molar-refractivity contribution in [3.8, 4) is 0 Å². The van der Waals surface area contributed by atoms with E-state index in [4.69, 9.17) is 0 Å². The van der Waals surface area contributed by atoms with Crippen LogP contribution in [0.5, 0.6) is 0 Å². The number of halogens is 2. The molecule has 1 aromatic carbocycles. The number of anilines is 1. The Morgan fingerprint density at radius 2 is 1.92 bits per heavy atom. The van der Waals surface area contributed by atoms with E-state index in [0.29, 0.717) is 44.3 Å². The van der Waals surface area contributed by atoms with Gasteiger partial charge in [0, 0.05) is 31.6 Å². The lowest BCUT2D eigenvalue weighted by molar-refractivity contribution is -0.133. The average Bonchev–Trinajstić information content (AvgIpc) is 2.50. The quantitative estimate of drug-likeness (QED) is 0.885. The first-order chi connectivity index (χ1) is 11.3. The van der Waals surface area contributed by atoms with Crippen molar-refractivity contribution < 1.29 is 18.4 Å². The maximum absolute atomic E-state index is 13.5. The number of hydrogen-bond donors (Lipinski definition) is 2. The van der Waals surface area contributed by atoms with Crippen molar-refractivity contribution in [2.45, 2.75) is 39.2 Å². The maximum Gasteiger partial charge on any atom is 0.319 e.